The lowest BCUT2D eigenvalue weighted by Crippen LogP contribution is -2.39. The van der Waals surface area contributed by atoms with E-state index in [1.165, 1.54) is 11.1 Å². The number of nitrogens with one attached hydrogen (secondary N) is 1. The van der Waals surface area contributed by atoms with Crippen LogP contribution in [-0.4, -0.2) is 33.9 Å². The summed E-state index contributed by atoms with van der Waals surface area (Å²) in [7, 11) is 0. The minimum absolute atomic E-state index is 0.0476. The van der Waals surface area contributed by atoms with Gasteiger partial charge in [-0.3, -0.25) is 4.79 Å². The minimum atomic E-state index is 0.0476. The van der Waals surface area contributed by atoms with Gasteiger partial charge in [0.15, 0.2) is 5.89 Å². The smallest absolute Gasteiger partial charge is 0.270 e. The summed E-state index contributed by atoms with van der Waals surface area (Å²) in [4.78, 5) is 22.9. The molecule has 5 rings (SSSR count). The number of aryl methyl sites for hydroxylation is 1. The predicted molar refractivity (Wildman–Crippen MR) is 117 cm³/mol. The van der Waals surface area contributed by atoms with Gasteiger partial charge in [0.2, 0.25) is 0 Å². The van der Waals surface area contributed by atoms with E-state index in [-0.39, 0.29) is 11.8 Å². The number of oxazole rings is 1. The molecule has 0 saturated carbocycles. The Hall–Kier alpha value is -3.34. The fourth-order valence-corrected chi connectivity index (χ4v) is 4.35. The molecule has 1 atom stereocenters. The lowest BCUT2D eigenvalue weighted by atomic mass is 9.97. The second-order valence-electron chi connectivity index (χ2n) is 8.14. The van der Waals surface area contributed by atoms with E-state index >= 15 is 0 Å². The van der Waals surface area contributed by atoms with Gasteiger partial charge in [-0.05, 0) is 43.0 Å². The SMILES string of the molecule is Cc1cccc2[nH]c(C(=O)N3CCC[C@H](c4ncc(Cc5ccccc5)o4)C3)cc12. The lowest BCUT2D eigenvalue weighted by molar-refractivity contribution is 0.0693. The van der Waals surface area contributed by atoms with Crippen molar-refractivity contribution in [2.75, 3.05) is 13.1 Å². The van der Waals surface area contributed by atoms with Crippen LogP contribution in [0.15, 0.2) is 65.2 Å². The number of H-pyrrole nitrogens is 1. The van der Waals surface area contributed by atoms with Crippen molar-refractivity contribution in [1.82, 2.24) is 14.9 Å². The van der Waals surface area contributed by atoms with Crippen molar-refractivity contribution in [3.63, 3.8) is 0 Å². The molecule has 0 aliphatic carbocycles. The average molecular weight is 399 g/mol. The third-order valence-corrected chi connectivity index (χ3v) is 5.96. The van der Waals surface area contributed by atoms with Crippen LogP contribution in [0.1, 0.15) is 52.0 Å². The van der Waals surface area contributed by atoms with E-state index in [4.69, 9.17) is 4.42 Å². The maximum Gasteiger partial charge on any atom is 0.270 e. The van der Waals surface area contributed by atoms with E-state index in [0.717, 1.165) is 48.4 Å². The Bertz CT molecular complexity index is 1180. The average Bonchev–Trinajstić information content (AvgIpc) is 3.42. The molecule has 5 nitrogen and oxygen atoms in total. The molecule has 0 spiro atoms. The zero-order valence-electron chi connectivity index (χ0n) is 17.1. The number of piperidine rings is 1. The minimum Gasteiger partial charge on any atom is -0.445 e. The number of amides is 1. The normalized spacial score (nSPS) is 16.8. The van der Waals surface area contributed by atoms with Crippen molar-refractivity contribution in [3.8, 4) is 0 Å². The number of hydrogen-bond acceptors (Lipinski definition) is 3. The molecule has 2 aromatic carbocycles. The van der Waals surface area contributed by atoms with Gasteiger partial charge >= 0.3 is 0 Å². The molecule has 1 aliphatic heterocycles. The number of benzene rings is 2. The molecule has 3 heterocycles. The summed E-state index contributed by atoms with van der Waals surface area (Å²) in [6.07, 6.45) is 4.49. The van der Waals surface area contributed by atoms with Gasteiger partial charge in [-0.15, -0.1) is 0 Å². The summed E-state index contributed by atoms with van der Waals surface area (Å²) in [6, 6.07) is 18.3. The first-order chi connectivity index (χ1) is 14.7. The highest BCUT2D eigenvalue weighted by Gasteiger charge is 2.29. The fraction of sp³-hybridized carbons (Fsp3) is 0.280. The van der Waals surface area contributed by atoms with Crippen LogP contribution >= 0.6 is 0 Å². The molecule has 2 aromatic heterocycles. The van der Waals surface area contributed by atoms with Crippen LogP contribution in [0.5, 0.6) is 0 Å². The number of nitrogens with zero attached hydrogens (tertiary/aromatic N) is 2. The zero-order valence-corrected chi connectivity index (χ0v) is 17.1. The quantitative estimate of drug-likeness (QED) is 0.521. The summed E-state index contributed by atoms with van der Waals surface area (Å²) >= 11 is 0. The first-order valence-electron chi connectivity index (χ1n) is 10.5. The van der Waals surface area contributed by atoms with Gasteiger partial charge in [-0.1, -0.05) is 42.5 Å². The van der Waals surface area contributed by atoms with Gasteiger partial charge in [0, 0.05) is 30.4 Å². The molecule has 152 valence electrons. The second-order valence-corrected chi connectivity index (χ2v) is 8.14. The largest absolute Gasteiger partial charge is 0.445 e. The van der Waals surface area contributed by atoms with Gasteiger partial charge < -0.3 is 14.3 Å². The number of fused-ring (bicyclic) bond motifs is 1. The highest BCUT2D eigenvalue weighted by atomic mass is 16.4. The van der Waals surface area contributed by atoms with E-state index in [1.807, 2.05) is 47.5 Å². The molecule has 1 aliphatic rings. The standard InChI is InChI=1S/C25H25N3O2/c1-17-7-5-11-22-21(17)14-23(27-22)25(29)28-12-6-10-19(16-28)24-26-15-20(30-24)13-18-8-3-2-4-9-18/h2-5,7-9,11,14-15,19,27H,6,10,12-13,16H2,1H3/t19-/m0/s1. The van der Waals surface area contributed by atoms with Gasteiger partial charge in [-0.25, -0.2) is 4.98 Å². The molecule has 4 aromatic rings. The highest BCUT2D eigenvalue weighted by molar-refractivity contribution is 5.98. The number of carbonyl (C=O) groups excluding carboxylic acids is 1. The Morgan fingerprint density at radius 2 is 2.07 bits per heavy atom. The Morgan fingerprint density at radius 3 is 2.90 bits per heavy atom. The molecular formula is C25H25N3O2. The zero-order chi connectivity index (χ0) is 20.5. The number of aromatic amines is 1. The third kappa shape index (κ3) is 3.63. The van der Waals surface area contributed by atoms with E-state index < -0.39 is 0 Å². The summed E-state index contributed by atoms with van der Waals surface area (Å²) in [6.45, 7) is 3.47. The van der Waals surface area contributed by atoms with Crippen molar-refractivity contribution in [3.05, 3.63) is 89.3 Å². The molecule has 0 unspecified atom stereocenters. The van der Waals surface area contributed by atoms with Crippen molar-refractivity contribution in [1.29, 1.82) is 0 Å². The van der Waals surface area contributed by atoms with Crippen molar-refractivity contribution in [2.24, 2.45) is 0 Å². The molecule has 5 heteroatoms. The molecule has 1 amide bonds. The summed E-state index contributed by atoms with van der Waals surface area (Å²) in [5.74, 6) is 1.79. The molecule has 1 saturated heterocycles. The Balaban J connectivity index is 1.31. The maximum absolute atomic E-state index is 13.1. The van der Waals surface area contributed by atoms with Crippen LogP contribution in [0.3, 0.4) is 0 Å². The number of likely N-dealkylation sites (tertiary alicyclic amines) is 1. The van der Waals surface area contributed by atoms with Crippen LogP contribution < -0.4 is 0 Å². The van der Waals surface area contributed by atoms with E-state index in [0.29, 0.717) is 12.2 Å². The number of rotatable bonds is 4. The molecule has 1 N–H and O–H groups in total. The van der Waals surface area contributed by atoms with E-state index in [1.54, 1.807) is 0 Å². The van der Waals surface area contributed by atoms with Crippen LogP contribution in [0.2, 0.25) is 0 Å². The molecule has 0 bridgehead atoms. The van der Waals surface area contributed by atoms with Crippen molar-refractivity contribution in [2.45, 2.75) is 32.1 Å². The Morgan fingerprint density at radius 1 is 1.20 bits per heavy atom. The summed E-state index contributed by atoms with van der Waals surface area (Å²) < 4.78 is 6.07. The Kier molecular flexibility index (Phi) is 4.87. The number of hydrogen-bond donors (Lipinski definition) is 1. The van der Waals surface area contributed by atoms with Crippen LogP contribution in [0.4, 0.5) is 0 Å². The number of carbonyl (C=O) groups is 1. The van der Waals surface area contributed by atoms with Crippen LogP contribution in [0.25, 0.3) is 10.9 Å². The summed E-state index contributed by atoms with van der Waals surface area (Å²) in [5, 5.41) is 1.10. The highest BCUT2D eigenvalue weighted by Crippen LogP contribution is 2.29. The molecule has 30 heavy (non-hydrogen) atoms. The van der Waals surface area contributed by atoms with E-state index in [2.05, 4.69) is 35.1 Å². The topological polar surface area (TPSA) is 62.1 Å². The van der Waals surface area contributed by atoms with E-state index in [9.17, 15) is 4.79 Å². The predicted octanol–water partition coefficient (Wildman–Crippen LogP) is 5.07. The lowest BCUT2D eigenvalue weighted by Gasteiger charge is -2.31. The third-order valence-electron chi connectivity index (χ3n) is 5.96. The fourth-order valence-electron chi connectivity index (χ4n) is 4.35. The molecular weight excluding hydrogens is 374 g/mol. The maximum atomic E-state index is 13.1. The van der Waals surface area contributed by atoms with Gasteiger partial charge in [0.05, 0.1) is 12.1 Å². The number of aromatic nitrogens is 2. The Labute approximate surface area is 175 Å². The first-order valence-corrected chi connectivity index (χ1v) is 10.5. The van der Waals surface area contributed by atoms with Crippen molar-refractivity contribution < 1.29 is 9.21 Å². The van der Waals surface area contributed by atoms with Crippen LogP contribution in [0, 0.1) is 6.92 Å². The van der Waals surface area contributed by atoms with Gasteiger partial charge in [0.25, 0.3) is 5.91 Å². The molecule has 0 radical (unpaired) electrons. The first kappa shape index (κ1) is 18.7. The van der Waals surface area contributed by atoms with Crippen LogP contribution in [-0.2, 0) is 6.42 Å². The molecule has 1 fully saturated rings. The van der Waals surface area contributed by atoms with Gasteiger partial charge in [-0.2, -0.15) is 0 Å². The van der Waals surface area contributed by atoms with Crippen molar-refractivity contribution >= 4 is 16.8 Å². The van der Waals surface area contributed by atoms with Gasteiger partial charge in [0.1, 0.15) is 11.5 Å². The second kappa shape index (κ2) is 7.82. The monoisotopic (exact) mass is 399 g/mol. The summed E-state index contributed by atoms with van der Waals surface area (Å²) in [5.41, 5.74) is 4.03.